The van der Waals surface area contributed by atoms with Gasteiger partial charge in [0.25, 0.3) is 0 Å². The molecule has 1 rings (SSSR count). The zero-order valence-electron chi connectivity index (χ0n) is 10.9. The van der Waals surface area contributed by atoms with E-state index in [1.165, 1.54) is 12.8 Å². The lowest BCUT2D eigenvalue weighted by Gasteiger charge is -2.43. The first-order valence-electron chi connectivity index (χ1n) is 6.64. The van der Waals surface area contributed by atoms with Crippen molar-refractivity contribution in [1.82, 2.24) is 0 Å². The van der Waals surface area contributed by atoms with Crippen LogP contribution in [-0.4, -0.2) is 10.7 Å². The summed E-state index contributed by atoms with van der Waals surface area (Å²) in [7, 11) is 0. The van der Waals surface area contributed by atoms with E-state index in [1.807, 2.05) is 6.92 Å². The van der Waals surface area contributed by atoms with Crippen LogP contribution in [0.25, 0.3) is 0 Å². The van der Waals surface area contributed by atoms with Gasteiger partial charge in [0.2, 0.25) is 0 Å². The molecule has 1 saturated carbocycles. The number of aliphatic hydroxyl groups is 1. The third-order valence-corrected chi connectivity index (χ3v) is 4.71. The Morgan fingerprint density at radius 2 is 1.81 bits per heavy atom. The second kappa shape index (κ2) is 5.19. The molecule has 0 amide bonds. The van der Waals surface area contributed by atoms with E-state index in [9.17, 15) is 10.4 Å². The number of hydrogen-bond donors (Lipinski definition) is 1. The largest absolute Gasteiger partial charge is 0.388 e. The summed E-state index contributed by atoms with van der Waals surface area (Å²) in [6, 6.07) is 2.46. The monoisotopic (exact) mass is 223 g/mol. The molecule has 1 aliphatic carbocycles. The lowest BCUT2D eigenvalue weighted by molar-refractivity contribution is -0.0893. The van der Waals surface area contributed by atoms with Crippen LogP contribution in [0, 0.1) is 22.7 Å². The van der Waals surface area contributed by atoms with Crippen molar-refractivity contribution in [2.24, 2.45) is 11.3 Å². The molecule has 0 aromatic carbocycles. The van der Waals surface area contributed by atoms with Crippen LogP contribution in [0.1, 0.15) is 65.7 Å². The van der Waals surface area contributed by atoms with Gasteiger partial charge in [-0.05, 0) is 25.7 Å². The van der Waals surface area contributed by atoms with Crippen LogP contribution >= 0.6 is 0 Å². The zero-order chi connectivity index (χ0) is 12.2. The molecular weight excluding hydrogens is 198 g/mol. The summed E-state index contributed by atoms with van der Waals surface area (Å²) in [5.41, 5.74) is -1.36. The molecule has 2 atom stereocenters. The summed E-state index contributed by atoms with van der Waals surface area (Å²) >= 11 is 0. The van der Waals surface area contributed by atoms with E-state index in [4.69, 9.17) is 0 Å². The first kappa shape index (κ1) is 13.5. The summed E-state index contributed by atoms with van der Waals surface area (Å²) in [5.74, 6) is 0.185. The highest BCUT2D eigenvalue weighted by atomic mass is 16.3. The summed E-state index contributed by atoms with van der Waals surface area (Å²) in [4.78, 5) is 0. The van der Waals surface area contributed by atoms with Crippen LogP contribution in [0.3, 0.4) is 0 Å². The minimum Gasteiger partial charge on any atom is -0.388 e. The molecule has 16 heavy (non-hydrogen) atoms. The highest BCUT2D eigenvalue weighted by Gasteiger charge is 2.49. The maximum atomic E-state index is 10.8. The normalized spacial score (nSPS) is 26.2. The molecule has 0 aromatic rings. The van der Waals surface area contributed by atoms with E-state index < -0.39 is 11.0 Å². The Balaban J connectivity index is 2.97. The molecule has 2 heteroatoms. The molecule has 1 fully saturated rings. The maximum Gasteiger partial charge on any atom is 0.0860 e. The van der Waals surface area contributed by atoms with Crippen molar-refractivity contribution in [2.45, 2.75) is 71.3 Å². The number of nitrogens with zero attached hydrogens (tertiary/aromatic N) is 1. The van der Waals surface area contributed by atoms with Crippen LogP contribution in [0.5, 0.6) is 0 Å². The second-order valence-corrected chi connectivity index (χ2v) is 5.56. The minimum atomic E-state index is -0.846. The Bertz CT molecular complexity index is 256. The molecule has 1 aliphatic rings. The van der Waals surface area contributed by atoms with Crippen LogP contribution < -0.4 is 0 Å². The van der Waals surface area contributed by atoms with E-state index in [0.29, 0.717) is 0 Å². The highest BCUT2D eigenvalue weighted by molar-refractivity contribution is 5.11. The number of hydrogen-bond acceptors (Lipinski definition) is 2. The molecule has 92 valence electrons. The Kier molecular flexibility index (Phi) is 4.38. The van der Waals surface area contributed by atoms with Gasteiger partial charge >= 0.3 is 0 Å². The minimum absolute atomic E-state index is 0.185. The fourth-order valence-electron chi connectivity index (χ4n) is 2.93. The topological polar surface area (TPSA) is 44.0 Å². The summed E-state index contributed by atoms with van der Waals surface area (Å²) in [6.45, 7) is 6.01. The summed E-state index contributed by atoms with van der Waals surface area (Å²) in [5, 5.41) is 20.3. The van der Waals surface area contributed by atoms with Gasteiger partial charge in [-0.15, -0.1) is 0 Å². The molecule has 0 aromatic heterocycles. The lowest BCUT2D eigenvalue weighted by atomic mass is 9.63. The molecule has 1 N–H and O–H groups in total. The van der Waals surface area contributed by atoms with Gasteiger partial charge in [-0.2, -0.15) is 5.26 Å². The van der Waals surface area contributed by atoms with E-state index in [-0.39, 0.29) is 5.92 Å². The Hall–Kier alpha value is -0.550. The molecular formula is C14H25NO. The van der Waals surface area contributed by atoms with Crippen molar-refractivity contribution in [3.63, 3.8) is 0 Å². The fraction of sp³-hybridized carbons (Fsp3) is 0.929. The third-order valence-electron chi connectivity index (χ3n) is 4.71. The average molecular weight is 223 g/mol. The SMILES string of the molecule is CCC(C)C(C)(O)C1(C#N)CCCCCC1. The lowest BCUT2D eigenvalue weighted by Crippen LogP contribution is -2.49. The Labute approximate surface area is 99.7 Å². The van der Waals surface area contributed by atoms with Gasteiger partial charge in [-0.25, -0.2) is 0 Å². The van der Waals surface area contributed by atoms with Crippen molar-refractivity contribution in [3.05, 3.63) is 0 Å². The first-order valence-corrected chi connectivity index (χ1v) is 6.64. The van der Waals surface area contributed by atoms with Crippen LogP contribution in [0.2, 0.25) is 0 Å². The van der Waals surface area contributed by atoms with Crippen LogP contribution in [0.15, 0.2) is 0 Å². The predicted octanol–water partition coefficient (Wildman–Crippen LogP) is 3.65. The van der Waals surface area contributed by atoms with E-state index in [2.05, 4.69) is 19.9 Å². The van der Waals surface area contributed by atoms with Gasteiger partial charge in [-0.1, -0.05) is 46.0 Å². The molecule has 0 bridgehead atoms. The third kappa shape index (κ3) is 2.25. The molecule has 0 aliphatic heterocycles. The van der Waals surface area contributed by atoms with Crippen molar-refractivity contribution in [2.75, 3.05) is 0 Å². The van der Waals surface area contributed by atoms with Gasteiger partial charge in [0, 0.05) is 0 Å². The smallest absolute Gasteiger partial charge is 0.0860 e. The van der Waals surface area contributed by atoms with E-state index >= 15 is 0 Å². The average Bonchev–Trinajstić information content (AvgIpc) is 2.53. The van der Waals surface area contributed by atoms with Gasteiger partial charge < -0.3 is 5.11 Å². The number of rotatable bonds is 3. The Morgan fingerprint density at radius 1 is 1.31 bits per heavy atom. The second-order valence-electron chi connectivity index (χ2n) is 5.56. The molecule has 2 unspecified atom stereocenters. The zero-order valence-corrected chi connectivity index (χ0v) is 10.9. The molecule has 2 nitrogen and oxygen atoms in total. The van der Waals surface area contributed by atoms with Crippen molar-refractivity contribution >= 4 is 0 Å². The van der Waals surface area contributed by atoms with Crippen molar-refractivity contribution in [1.29, 1.82) is 5.26 Å². The quantitative estimate of drug-likeness (QED) is 0.742. The highest BCUT2D eigenvalue weighted by Crippen LogP contribution is 2.47. The van der Waals surface area contributed by atoms with Gasteiger partial charge in [0.15, 0.2) is 0 Å². The Morgan fingerprint density at radius 3 is 2.19 bits per heavy atom. The van der Waals surface area contributed by atoms with Gasteiger partial charge in [0.1, 0.15) is 0 Å². The molecule has 0 saturated heterocycles. The van der Waals surface area contributed by atoms with Crippen LogP contribution in [0.4, 0.5) is 0 Å². The van der Waals surface area contributed by atoms with E-state index in [1.54, 1.807) is 0 Å². The van der Waals surface area contributed by atoms with Crippen LogP contribution in [-0.2, 0) is 0 Å². The summed E-state index contributed by atoms with van der Waals surface area (Å²) in [6.07, 6.45) is 7.23. The summed E-state index contributed by atoms with van der Waals surface area (Å²) < 4.78 is 0. The molecule has 0 heterocycles. The number of nitriles is 1. The standard InChI is InChI=1S/C14H25NO/c1-4-12(2)13(3,16)14(11-15)9-7-5-6-8-10-14/h12,16H,4-10H2,1-3H3. The first-order chi connectivity index (χ1) is 7.50. The van der Waals surface area contributed by atoms with Gasteiger partial charge in [0.05, 0.1) is 17.1 Å². The molecule has 0 radical (unpaired) electrons. The maximum absolute atomic E-state index is 10.8. The van der Waals surface area contributed by atoms with Crippen molar-refractivity contribution < 1.29 is 5.11 Å². The fourth-order valence-corrected chi connectivity index (χ4v) is 2.93. The predicted molar refractivity (Wildman–Crippen MR) is 65.8 cm³/mol. The van der Waals surface area contributed by atoms with Crippen molar-refractivity contribution in [3.8, 4) is 6.07 Å². The van der Waals surface area contributed by atoms with Gasteiger partial charge in [-0.3, -0.25) is 0 Å². The van der Waals surface area contributed by atoms with E-state index in [0.717, 1.165) is 32.1 Å². The molecule has 0 spiro atoms.